The molecular weight excluding hydrogens is 324 g/mol. The van der Waals surface area contributed by atoms with Gasteiger partial charge in [-0.25, -0.2) is 0 Å². The minimum atomic E-state index is -0.457. The van der Waals surface area contributed by atoms with Crippen molar-refractivity contribution >= 4 is 27.5 Å². The standard InChI is InChI=1S/C14H17BrN2O3/c15-8-7-11-2-1-9-16(10-11)14(18)12-3-5-13(6-4-12)17(19)20/h3-6,11H,1-2,7-10H2. The van der Waals surface area contributed by atoms with E-state index in [0.29, 0.717) is 11.5 Å². The fourth-order valence-corrected chi connectivity index (χ4v) is 3.20. The Bertz CT molecular complexity index is 488. The first-order valence-corrected chi connectivity index (χ1v) is 7.83. The zero-order valence-electron chi connectivity index (χ0n) is 11.1. The van der Waals surface area contributed by atoms with Crippen molar-refractivity contribution in [1.82, 2.24) is 4.90 Å². The monoisotopic (exact) mass is 340 g/mol. The van der Waals surface area contributed by atoms with Crippen molar-refractivity contribution in [1.29, 1.82) is 0 Å². The van der Waals surface area contributed by atoms with Gasteiger partial charge in [0.25, 0.3) is 11.6 Å². The van der Waals surface area contributed by atoms with Gasteiger partial charge < -0.3 is 4.90 Å². The molecule has 2 rings (SSSR count). The molecule has 6 heteroatoms. The predicted octanol–water partition coefficient (Wildman–Crippen LogP) is 3.23. The fraction of sp³-hybridized carbons (Fsp3) is 0.500. The second kappa shape index (κ2) is 6.83. The summed E-state index contributed by atoms with van der Waals surface area (Å²) in [5.41, 5.74) is 0.535. The zero-order valence-corrected chi connectivity index (χ0v) is 12.7. The van der Waals surface area contributed by atoms with Gasteiger partial charge in [0.2, 0.25) is 0 Å². The molecule has 0 spiro atoms. The highest BCUT2D eigenvalue weighted by atomic mass is 79.9. The molecule has 1 saturated heterocycles. The minimum Gasteiger partial charge on any atom is -0.338 e. The second-order valence-electron chi connectivity index (χ2n) is 5.04. The van der Waals surface area contributed by atoms with Crippen molar-refractivity contribution in [3.05, 3.63) is 39.9 Å². The van der Waals surface area contributed by atoms with Crippen molar-refractivity contribution < 1.29 is 9.72 Å². The van der Waals surface area contributed by atoms with Crippen molar-refractivity contribution in [2.45, 2.75) is 19.3 Å². The lowest BCUT2D eigenvalue weighted by atomic mass is 9.95. The Kier molecular flexibility index (Phi) is 5.11. The van der Waals surface area contributed by atoms with Gasteiger partial charge in [0, 0.05) is 36.1 Å². The summed E-state index contributed by atoms with van der Waals surface area (Å²) in [7, 11) is 0. The van der Waals surface area contributed by atoms with Gasteiger partial charge in [-0.3, -0.25) is 14.9 Å². The third-order valence-corrected chi connectivity index (χ3v) is 4.11. The van der Waals surface area contributed by atoms with E-state index in [2.05, 4.69) is 15.9 Å². The summed E-state index contributed by atoms with van der Waals surface area (Å²) in [4.78, 5) is 24.4. The van der Waals surface area contributed by atoms with E-state index in [1.54, 1.807) is 0 Å². The number of likely N-dealkylation sites (tertiary alicyclic amines) is 1. The quantitative estimate of drug-likeness (QED) is 0.480. The van der Waals surface area contributed by atoms with E-state index in [1.807, 2.05) is 4.90 Å². The number of halogens is 1. The first kappa shape index (κ1) is 15.0. The Balaban J connectivity index is 2.04. The number of hydrogen-bond acceptors (Lipinski definition) is 3. The third-order valence-electron chi connectivity index (χ3n) is 3.65. The van der Waals surface area contributed by atoms with Gasteiger partial charge in [-0.1, -0.05) is 15.9 Å². The number of non-ortho nitro benzene ring substituents is 1. The van der Waals surface area contributed by atoms with Gasteiger partial charge in [0.1, 0.15) is 0 Å². The van der Waals surface area contributed by atoms with Crippen molar-refractivity contribution in [2.75, 3.05) is 18.4 Å². The third kappa shape index (κ3) is 3.56. The van der Waals surface area contributed by atoms with E-state index in [1.165, 1.54) is 24.3 Å². The van der Waals surface area contributed by atoms with Gasteiger partial charge in [-0.15, -0.1) is 0 Å². The Morgan fingerprint density at radius 1 is 1.40 bits per heavy atom. The van der Waals surface area contributed by atoms with Gasteiger partial charge in [-0.05, 0) is 37.3 Å². The van der Waals surface area contributed by atoms with E-state index in [-0.39, 0.29) is 11.6 Å². The van der Waals surface area contributed by atoms with E-state index in [4.69, 9.17) is 0 Å². The molecular formula is C14H17BrN2O3. The van der Waals surface area contributed by atoms with Crippen molar-refractivity contribution in [2.24, 2.45) is 5.92 Å². The molecule has 0 aromatic heterocycles. The average Bonchev–Trinajstić information content (AvgIpc) is 2.47. The van der Waals surface area contributed by atoms with Crippen LogP contribution in [0.25, 0.3) is 0 Å². The maximum atomic E-state index is 12.4. The smallest absolute Gasteiger partial charge is 0.269 e. The van der Waals surface area contributed by atoms with Crippen LogP contribution in [0.2, 0.25) is 0 Å². The SMILES string of the molecule is O=C(c1ccc([N+](=O)[O-])cc1)N1CCCC(CCBr)C1. The van der Waals surface area contributed by atoms with E-state index in [0.717, 1.165) is 37.7 Å². The summed E-state index contributed by atoms with van der Waals surface area (Å²) < 4.78 is 0. The molecule has 5 nitrogen and oxygen atoms in total. The van der Waals surface area contributed by atoms with Gasteiger partial charge in [-0.2, -0.15) is 0 Å². The molecule has 20 heavy (non-hydrogen) atoms. The van der Waals surface area contributed by atoms with Crippen molar-refractivity contribution in [3.8, 4) is 0 Å². The zero-order chi connectivity index (χ0) is 14.5. The van der Waals surface area contributed by atoms with Crippen LogP contribution >= 0.6 is 15.9 Å². The molecule has 1 fully saturated rings. The number of amides is 1. The Hall–Kier alpha value is -1.43. The number of piperidine rings is 1. The van der Waals surface area contributed by atoms with Gasteiger partial charge in [0.05, 0.1) is 4.92 Å². The predicted molar refractivity (Wildman–Crippen MR) is 80.1 cm³/mol. The number of nitrogens with zero attached hydrogens (tertiary/aromatic N) is 2. The molecule has 1 atom stereocenters. The molecule has 1 unspecified atom stereocenters. The highest BCUT2D eigenvalue weighted by Crippen LogP contribution is 2.22. The van der Waals surface area contributed by atoms with E-state index in [9.17, 15) is 14.9 Å². The highest BCUT2D eigenvalue weighted by molar-refractivity contribution is 9.09. The Labute approximate surface area is 126 Å². The summed E-state index contributed by atoms with van der Waals surface area (Å²) >= 11 is 3.44. The van der Waals surface area contributed by atoms with E-state index < -0.39 is 4.92 Å². The molecule has 0 radical (unpaired) electrons. The van der Waals surface area contributed by atoms with Crippen LogP contribution in [0.5, 0.6) is 0 Å². The lowest BCUT2D eigenvalue weighted by Gasteiger charge is -2.32. The molecule has 0 aliphatic carbocycles. The molecule has 1 amide bonds. The average molecular weight is 341 g/mol. The van der Waals surface area contributed by atoms with Crippen LogP contribution in [0.4, 0.5) is 5.69 Å². The molecule has 0 bridgehead atoms. The van der Waals surface area contributed by atoms with Crippen LogP contribution in [-0.4, -0.2) is 34.2 Å². The highest BCUT2D eigenvalue weighted by Gasteiger charge is 2.24. The lowest BCUT2D eigenvalue weighted by molar-refractivity contribution is -0.384. The summed E-state index contributed by atoms with van der Waals surface area (Å²) in [6.45, 7) is 1.55. The van der Waals surface area contributed by atoms with Crippen LogP contribution < -0.4 is 0 Å². The van der Waals surface area contributed by atoms with Gasteiger partial charge >= 0.3 is 0 Å². The molecule has 0 saturated carbocycles. The molecule has 1 aliphatic rings. The first-order chi connectivity index (χ1) is 9.61. The topological polar surface area (TPSA) is 63.4 Å². The normalized spacial score (nSPS) is 18.9. The van der Waals surface area contributed by atoms with Crippen LogP contribution in [0.1, 0.15) is 29.6 Å². The molecule has 1 aromatic carbocycles. The summed E-state index contributed by atoms with van der Waals surface area (Å²) in [6, 6.07) is 5.84. The summed E-state index contributed by atoms with van der Waals surface area (Å²) in [5.74, 6) is 0.518. The number of rotatable bonds is 4. The molecule has 1 heterocycles. The van der Waals surface area contributed by atoms with Crippen LogP contribution in [0, 0.1) is 16.0 Å². The number of alkyl halides is 1. The first-order valence-electron chi connectivity index (χ1n) is 6.71. The number of carbonyl (C=O) groups excluding carboxylic acids is 1. The van der Waals surface area contributed by atoms with Crippen LogP contribution in [-0.2, 0) is 0 Å². The Morgan fingerprint density at radius 2 is 2.10 bits per heavy atom. The Morgan fingerprint density at radius 3 is 2.70 bits per heavy atom. The maximum Gasteiger partial charge on any atom is 0.269 e. The van der Waals surface area contributed by atoms with Crippen LogP contribution in [0.3, 0.4) is 0 Å². The second-order valence-corrected chi connectivity index (χ2v) is 5.83. The van der Waals surface area contributed by atoms with Crippen LogP contribution in [0.15, 0.2) is 24.3 Å². The van der Waals surface area contributed by atoms with E-state index >= 15 is 0 Å². The largest absolute Gasteiger partial charge is 0.338 e. The summed E-state index contributed by atoms with van der Waals surface area (Å²) in [5, 5.41) is 11.6. The fourth-order valence-electron chi connectivity index (χ4n) is 2.55. The number of carbonyl (C=O) groups is 1. The molecule has 1 aromatic rings. The number of nitro groups is 1. The molecule has 1 aliphatic heterocycles. The molecule has 0 N–H and O–H groups in total. The van der Waals surface area contributed by atoms with Gasteiger partial charge in [0.15, 0.2) is 0 Å². The van der Waals surface area contributed by atoms with Crippen molar-refractivity contribution in [3.63, 3.8) is 0 Å². The minimum absolute atomic E-state index is 0.0114. The number of nitro benzene ring substituents is 1. The number of hydrogen-bond donors (Lipinski definition) is 0. The molecule has 108 valence electrons. The maximum absolute atomic E-state index is 12.4. The number of benzene rings is 1. The summed E-state index contributed by atoms with van der Waals surface area (Å²) in [6.07, 6.45) is 3.26. The lowest BCUT2D eigenvalue weighted by Crippen LogP contribution is -2.40.